The third kappa shape index (κ3) is 9.95. The highest BCUT2D eigenvalue weighted by molar-refractivity contribution is 5.80. The molecule has 0 aromatic heterocycles. The highest BCUT2D eigenvalue weighted by atomic mass is 16.7. The zero-order valence-electron chi connectivity index (χ0n) is 27.6. The van der Waals surface area contributed by atoms with Crippen molar-refractivity contribution in [3.63, 3.8) is 0 Å². The minimum Gasteiger partial charge on any atom is -0.508 e. The molecule has 1 saturated heterocycles. The highest BCUT2D eigenvalue weighted by Gasteiger charge is 2.56. The van der Waals surface area contributed by atoms with Crippen LogP contribution in [0.1, 0.15) is 17.5 Å². The molecule has 0 spiro atoms. The molecule has 0 unspecified atom stereocenters. The number of carbonyl (C=O) groups is 3. The average molecular weight is 709 g/mol. The lowest BCUT2D eigenvalue weighted by atomic mass is 9.88. The summed E-state index contributed by atoms with van der Waals surface area (Å²) >= 11 is 0. The number of phenols is 1. The second-order valence-corrected chi connectivity index (χ2v) is 11.7. The Morgan fingerprint density at radius 2 is 1.73 bits per heavy atom. The van der Waals surface area contributed by atoms with E-state index in [9.17, 15) is 45.0 Å². The van der Waals surface area contributed by atoms with Gasteiger partial charge in [-0.1, -0.05) is 42.3 Å². The number of aliphatic hydroxyl groups is 4. The lowest BCUT2D eigenvalue weighted by Crippen LogP contribution is -2.68. The molecule has 1 aliphatic heterocycles. The normalized spacial score (nSPS) is 21.1. The molecular weight excluding hydrogens is 668 g/mol. The number of carbonyl (C=O) groups excluding carboxylic acids is 2. The number of carboxylic acid groups (broad SMARTS) is 1. The molecule has 1 fully saturated rings. The first-order valence-electron chi connectivity index (χ1n) is 15.8. The lowest BCUT2D eigenvalue weighted by molar-refractivity contribution is -0.314. The van der Waals surface area contributed by atoms with Crippen LogP contribution < -0.4 is 20.1 Å². The monoisotopic (exact) mass is 708 g/mol. The molecule has 0 radical (unpaired) electrons. The molecule has 3 aromatic rings. The van der Waals surface area contributed by atoms with Crippen molar-refractivity contribution in [2.75, 3.05) is 26.9 Å². The molecular formula is C36H40N2O13. The Kier molecular flexibility index (Phi) is 13.3. The minimum absolute atomic E-state index is 0.0441. The van der Waals surface area contributed by atoms with Crippen LogP contribution in [0.3, 0.4) is 0 Å². The molecule has 2 amide bonds. The summed E-state index contributed by atoms with van der Waals surface area (Å²) in [6.45, 7) is -1.82. The maximum absolute atomic E-state index is 12.9. The third-order valence-corrected chi connectivity index (χ3v) is 8.17. The second-order valence-electron chi connectivity index (χ2n) is 11.7. The molecule has 15 nitrogen and oxygen atoms in total. The smallest absolute Gasteiger partial charge is 0.364 e. The van der Waals surface area contributed by atoms with Crippen molar-refractivity contribution in [3.8, 4) is 40.7 Å². The number of benzene rings is 3. The van der Waals surface area contributed by atoms with E-state index in [1.54, 1.807) is 66.7 Å². The average Bonchev–Trinajstić information content (AvgIpc) is 3.13. The van der Waals surface area contributed by atoms with E-state index in [4.69, 9.17) is 25.4 Å². The van der Waals surface area contributed by atoms with Gasteiger partial charge >= 0.3 is 5.97 Å². The van der Waals surface area contributed by atoms with E-state index < -0.39 is 73.6 Å². The van der Waals surface area contributed by atoms with Gasteiger partial charge in [0.05, 0.1) is 38.4 Å². The van der Waals surface area contributed by atoms with Crippen molar-refractivity contribution in [1.82, 2.24) is 10.6 Å². The van der Waals surface area contributed by atoms with Crippen molar-refractivity contribution < 1.29 is 64.0 Å². The molecule has 0 saturated carbocycles. The number of nitrogens with one attached hydrogen (secondary N) is 2. The van der Waals surface area contributed by atoms with Crippen molar-refractivity contribution in [2.24, 2.45) is 0 Å². The van der Waals surface area contributed by atoms with Crippen LogP contribution in [0.2, 0.25) is 0 Å². The number of hydrogen-bond acceptors (Lipinski definition) is 12. The number of phenolic OH excluding ortho intramolecular Hbond substituents is 1. The second kappa shape index (κ2) is 17.6. The van der Waals surface area contributed by atoms with Gasteiger partial charge in [-0.15, -0.1) is 6.42 Å². The zero-order chi connectivity index (χ0) is 37.1. The van der Waals surface area contributed by atoms with Crippen molar-refractivity contribution >= 4 is 17.8 Å². The van der Waals surface area contributed by atoms with Crippen molar-refractivity contribution in [2.45, 2.75) is 55.7 Å². The van der Waals surface area contributed by atoms with E-state index in [1.165, 1.54) is 7.11 Å². The Morgan fingerprint density at radius 3 is 2.35 bits per heavy atom. The Morgan fingerprint density at radius 1 is 1.04 bits per heavy atom. The first kappa shape index (κ1) is 38.6. The van der Waals surface area contributed by atoms with Gasteiger partial charge in [0.2, 0.25) is 11.8 Å². The first-order valence-corrected chi connectivity index (χ1v) is 15.8. The van der Waals surface area contributed by atoms with Crippen LogP contribution in [-0.2, 0) is 36.9 Å². The van der Waals surface area contributed by atoms with Crippen LogP contribution in [0.5, 0.6) is 17.2 Å². The molecule has 3 aromatic carbocycles. The number of ether oxygens (including phenoxy) is 4. The standard InChI is InChI=1S/C36H40N2O13/c1-3-14-49-26-12-4-21(5-13-26)20-50-36(35(46)47)17-27(41)32(38-31(44)19-39)34(51-36)33(45)28(42)18-37-30(43)16-24-7-6-23(15-29(24)48-2)22-8-10-25(40)11-9-22/h1,4-13,15,27-28,32-34,39-42,45H,14,16-20H2,2H3,(H,37,43)(H,38,44)(H,46,47)/t27-,28+,32+,33+,34+,36+/m0/s1. The molecule has 8 N–H and O–H groups in total. The number of methoxy groups -OCH3 is 1. The minimum atomic E-state index is -2.55. The van der Waals surface area contributed by atoms with Crippen molar-refractivity contribution in [3.05, 3.63) is 77.9 Å². The zero-order valence-corrected chi connectivity index (χ0v) is 27.6. The molecule has 4 rings (SSSR count). The predicted molar refractivity (Wildman–Crippen MR) is 179 cm³/mol. The molecule has 51 heavy (non-hydrogen) atoms. The van der Waals surface area contributed by atoms with Crippen LogP contribution >= 0.6 is 0 Å². The predicted octanol–water partition coefficient (Wildman–Crippen LogP) is 0.0849. The number of carboxylic acids is 1. The van der Waals surface area contributed by atoms with Gasteiger partial charge < -0.3 is 60.2 Å². The Bertz CT molecular complexity index is 1690. The number of rotatable bonds is 16. The molecule has 1 heterocycles. The quantitative estimate of drug-likeness (QED) is 0.0923. The molecule has 1 aliphatic rings. The Hall–Kier alpha value is -5.21. The van der Waals surface area contributed by atoms with Crippen molar-refractivity contribution in [1.29, 1.82) is 0 Å². The summed E-state index contributed by atoms with van der Waals surface area (Å²) in [7, 11) is 1.44. The lowest BCUT2D eigenvalue weighted by Gasteiger charge is -2.46. The van der Waals surface area contributed by atoms with Gasteiger partial charge in [-0.05, 0) is 47.0 Å². The van der Waals surface area contributed by atoms with E-state index in [0.29, 0.717) is 22.6 Å². The van der Waals surface area contributed by atoms with Gasteiger partial charge in [-0.3, -0.25) is 9.59 Å². The van der Waals surface area contributed by atoms with E-state index in [2.05, 4.69) is 16.6 Å². The summed E-state index contributed by atoms with van der Waals surface area (Å²) in [6.07, 6.45) is -2.95. The topological polar surface area (TPSA) is 234 Å². The van der Waals surface area contributed by atoms with E-state index in [1.807, 2.05) is 0 Å². The van der Waals surface area contributed by atoms with Crippen LogP contribution in [-0.4, -0.2) is 112 Å². The largest absolute Gasteiger partial charge is 0.508 e. The SMILES string of the molecule is C#CCOc1ccc(CO[C@]2(C(=O)O)C[C@H](O)[C@@H](NC(=O)CO)[C@H]([C@H](O)[C@H](O)CNC(=O)Cc3ccc(-c4ccc(O)cc4)cc3OC)O2)cc1. The number of aromatic hydroxyl groups is 1. The molecule has 272 valence electrons. The molecule has 6 atom stereocenters. The fourth-order valence-electron chi connectivity index (χ4n) is 5.47. The molecule has 0 bridgehead atoms. The summed E-state index contributed by atoms with van der Waals surface area (Å²) in [5, 5.41) is 66.9. The fourth-order valence-corrected chi connectivity index (χ4v) is 5.47. The van der Waals surface area contributed by atoms with Crippen LogP contribution in [0.25, 0.3) is 11.1 Å². The van der Waals surface area contributed by atoms with Gasteiger partial charge in [-0.25, -0.2) is 4.79 Å². The Labute approximate surface area is 293 Å². The first-order chi connectivity index (χ1) is 24.4. The van der Waals surface area contributed by atoms with Crippen LogP contribution in [0.4, 0.5) is 0 Å². The maximum Gasteiger partial charge on any atom is 0.364 e. The number of hydrogen-bond donors (Lipinski definition) is 8. The summed E-state index contributed by atoms with van der Waals surface area (Å²) in [6, 6.07) is 16.6. The van der Waals surface area contributed by atoms with E-state index >= 15 is 0 Å². The number of aliphatic carboxylic acids is 1. The van der Waals surface area contributed by atoms with E-state index in [-0.39, 0.29) is 25.4 Å². The number of aliphatic hydroxyl groups excluding tert-OH is 4. The number of terminal acetylenes is 1. The van der Waals surface area contributed by atoms with Gasteiger partial charge in [0.25, 0.3) is 5.79 Å². The summed E-state index contributed by atoms with van der Waals surface area (Å²) in [4.78, 5) is 37.6. The van der Waals surface area contributed by atoms with E-state index in [0.717, 1.165) is 11.1 Å². The summed E-state index contributed by atoms with van der Waals surface area (Å²) < 4.78 is 22.2. The Balaban J connectivity index is 1.45. The maximum atomic E-state index is 12.9. The highest BCUT2D eigenvalue weighted by Crippen LogP contribution is 2.35. The fraction of sp³-hybridized carbons (Fsp3) is 0.361. The third-order valence-electron chi connectivity index (χ3n) is 8.17. The number of amides is 2. The molecule has 0 aliphatic carbocycles. The molecule has 15 heteroatoms. The van der Waals surface area contributed by atoms with Gasteiger partial charge in [0.15, 0.2) is 0 Å². The van der Waals surface area contributed by atoms with Crippen LogP contribution in [0, 0.1) is 12.3 Å². The van der Waals surface area contributed by atoms with Gasteiger partial charge in [0.1, 0.15) is 42.7 Å². The van der Waals surface area contributed by atoms with Gasteiger partial charge in [-0.2, -0.15) is 0 Å². The summed E-state index contributed by atoms with van der Waals surface area (Å²) in [5.41, 5.74) is 2.58. The van der Waals surface area contributed by atoms with Gasteiger partial charge in [0, 0.05) is 18.5 Å². The summed E-state index contributed by atoms with van der Waals surface area (Å²) in [5.74, 6) is -2.42. The van der Waals surface area contributed by atoms with Crippen LogP contribution in [0.15, 0.2) is 66.7 Å².